The van der Waals surface area contributed by atoms with Crippen molar-refractivity contribution in [3.63, 3.8) is 0 Å². The van der Waals surface area contributed by atoms with Gasteiger partial charge in [0.2, 0.25) is 5.91 Å². The predicted octanol–water partition coefficient (Wildman–Crippen LogP) is 3.57. The quantitative estimate of drug-likeness (QED) is 0.629. The molecule has 2 amide bonds. The van der Waals surface area contributed by atoms with Gasteiger partial charge in [-0.1, -0.05) is 23.7 Å². The summed E-state index contributed by atoms with van der Waals surface area (Å²) >= 11 is 5.88. The molecular formula is C23H28ClN3O3. The Morgan fingerprint density at radius 3 is 2.57 bits per heavy atom. The molecule has 0 spiro atoms. The Morgan fingerprint density at radius 2 is 1.87 bits per heavy atom. The SMILES string of the molecule is COCCNC(=O)C1CCN(Cc2cccc(NC(=O)c3ccc(Cl)cc3)c2)CC1. The van der Waals surface area contributed by atoms with Gasteiger partial charge in [-0.05, 0) is 67.9 Å². The minimum absolute atomic E-state index is 0.0723. The van der Waals surface area contributed by atoms with Crippen LogP contribution in [0.3, 0.4) is 0 Å². The predicted molar refractivity (Wildman–Crippen MR) is 119 cm³/mol. The van der Waals surface area contributed by atoms with Crippen LogP contribution < -0.4 is 10.6 Å². The van der Waals surface area contributed by atoms with Crippen molar-refractivity contribution in [1.82, 2.24) is 10.2 Å². The summed E-state index contributed by atoms with van der Waals surface area (Å²) in [6.45, 7) is 3.65. The molecule has 0 saturated carbocycles. The number of piperidine rings is 1. The highest BCUT2D eigenvalue weighted by Gasteiger charge is 2.24. The van der Waals surface area contributed by atoms with Gasteiger partial charge < -0.3 is 15.4 Å². The summed E-state index contributed by atoms with van der Waals surface area (Å²) in [7, 11) is 1.63. The summed E-state index contributed by atoms with van der Waals surface area (Å²) in [6.07, 6.45) is 1.71. The molecule has 2 aromatic rings. The summed E-state index contributed by atoms with van der Waals surface area (Å²) in [5.41, 5.74) is 2.46. The normalized spacial score (nSPS) is 15.0. The van der Waals surface area contributed by atoms with Crippen LogP contribution in [0.2, 0.25) is 5.02 Å². The highest BCUT2D eigenvalue weighted by atomic mass is 35.5. The van der Waals surface area contributed by atoms with E-state index in [1.54, 1.807) is 31.4 Å². The summed E-state index contributed by atoms with van der Waals surface area (Å²) in [5.74, 6) is 0.0332. The van der Waals surface area contributed by atoms with E-state index in [1.807, 2.05) is 18.2 Å². The van der Waals surface area contributed by atoms with E-state index in [9.17, 15) is 9.59 Å². The second-order valence-corrected chi connectivity index (χ2v) is 7.93. The number of amides is 2. The van der Waals surface area contributed by atoms with Gasteiger partial charge in [0.05, 0.1) is 6.61 Å². The fourth-order valence-corrected chi connectivity index (χ4v) is 3.71. The monoisotopic (exact) mass is 429 g/mol. The van der Waals surface area contributed by atoms with Crippen molar-refractivity contribution in [2.75, 3.05) is 38.7 Å². The van der Waals surface area contributed by atoms with Crippen LogP contribution in [0.5, 0.6) is 0 Å². The lowest BCUT2D eigenvalue weighted by Crippen LogP contribution is -2.41. The van der Waals surface area contributed by atoms with Crippen LogP contribution in [0, 0.1) is 5.92 Å². The molecule has 6 nitrogen and oxygen atoms in total. The first-order chi connectivity index (χ1) is 14.5. The van der Waals surface area contributed by atoms with E-state index in [4.69, 9.17) is 16.3 Å². The molecule has 160 valence electrons. The van der Waals surface area contributed by atoms with Crippen molar-refractivity contribution in [3.05, 3.63) is 64.7 Å². The molecule has 1 saturated heterocycles. The molecule has 2 aromatic carbocycles. The number of methoxy groups -OCH3 is 1. The molecule has 0 aromatic heterocycles. The number of likely N-dealkylation sites (tertiary alicyclic amines) is 1. The molecule has 30 heavy (non-hydrogen) atoms. The number of carbonyl (C=O) groups is 2. The van der Waals surface area contributed by atoms with E-state index in [0.29, 0.717) is 23.7 Å². The van der Waals surface area contributed by atoms with Gasteiger partial charge in [0.25, 0.3) is 5.91 Å². The lowest BCUT2D eigenvalue weighted by Gasteiger charge is -2.31. The molecule has 1 aliphatic heterocycles. The molecule has 0 radical (unpaired) electrons. The molecule has 1 fully saturated rings. The lowest BCUT2D eigenvalue weighted by atomic mass is 9.95. The number of nitrogens with one attached hydrogen (secondary N) is 2. The lowest BCUT2D eigenvalue weighted by molar-refractivity contribution is -0.126. The van der Waals surface area contributed by atoms with E-state index in [0.717, 1.165) is 43.7 Å². The largest absolute Gasteiger partial charge is 0.383 e. The Kier molecular flexibility index (Phi) is 8.25. The third kappa shape index (κ3) is 6.55. The highest BCUT2D eigenvalue weighted by Crippen LogP contribution is 2.21. The molecule has 3 rings (SSSR count). The van der Waals surface area contributed by atoms with Gasteiger partial charge >= 0.3 is 0 Å². The molecule has 0 unspecified atom stereocenters. The smallest absolute Gasteiger partial charge is 0.255 e. The van der Waals surface area contributed by atoms with Crippen molar-refractivity contribution in [2.24, 2.45) is 5.92 Å². The van der Waals surface area contributed by atoms with Gasteiger partial charge in [0, 0.05) is 42.4 Å². The van der Waals surface area contributed by atoms with Gasteiger partial charge in [0.15, 0.2) is 0 Å². The molecule has 7 heteroatoms. The number of hydrogen-bond acceptors (Lipinski definition) is 4. The number of hydrogen-bond donors (Lipinski definition) is 2. The van der Waals surface area contributed by atoms with Gasteiger partial charge in [-0.2, -0.15) is 0 Å². The summed E-state index contributed by atoms with van der Waals surface area (Å²) in [6, 6.07) is 14.7. The summed E-state index contributed by atoms with van der Waals surface area (Å²) < 4.78 is 4.97. The van der Waals surface area contributed by atoms with Crippen molar-refractivity contribution in [3.8, 4) is 0 Å². The minimum atomic E-state index is -0.163. The third-order valence-electron chi connectivity index (χ3n) is 5.26. The van der Waals surface area contributed by atoms with E-state index in [1.165, 1.54) is 0 Å². The zero-order valence-corrected chi connectivity index (χ0v) is 18.0. The zero-order chi connectivity index (χ0) is 21.3. The Hall–Kier alpha value is -2.41. The Morgan fingerprint density at radius 1 is 1.13 bits per heavy atom. The summed E-state index contributed by atoms with van der Waals surface area (Å²) in [4.78, 5) is 26.9. The number of halogens is 1. The topological polar surface area (TPSA) is 70.7 Å². The molecule has 1 aliphatic rings. The van der Waals surface area contributed by atoms with Gasteiger partial charge in [-0.15, -0.1) is 0 Å². The van der Waals surface area contributed by atoms with Crippen LogP contribution in [0.1, 0.15) is 28.8 Å². The van der Waals surface area contributed by atoms with Crippen molar-refractivity contribution < 1.29 is 14.3 Å². The first-order valence-electron chi connectivity index (χ1n) is 10.2. The second kappa shape index (κ2) is 11.1. The highest BCUT2D eigenvalue weighted by molar-refractivity contribution is 6.30. The maximum absolute atomic E-state index is 12.4. The fraction of sp³-hybridized carbons (Fsp3) is 0.391. The van der Waals surface area contributed by atoms with E-state index >= 15 is 0 Å². The molecule has 0 bridgehead atoms. The molecule has 2 N–H and O–H groups in total. The first kappa shape index (κ1) is 22.3. The molecule has 0 atom stereocenters. The second-order valence-electron chi connectivity index (χ2n) is 7.50. The number of carbonyl (C=O) groups excluding carboxylic acids is 2. The average Bonchev–Trinajstić information content (AvgIpc) is 2.75. The summed E-state index contributed by atoms with van der Waals surface area (Å²) in [5, 5.41) is 6.47. The maximum atomic E-state index is 12.4. The Balaban J connectivity index is 1.49. The number of ether oxygens (including phenoxy) is 1. The van der Waals surface area contributed by atoms with Gasteiger partial charge in [-0.3, -0.25) is 14.5 Å². The van der Waals surface area contributed by atoms with Crippen LogP contribution in [0.4, 0.5) is 5.69 Å². The third-order valence-corrected chi connectivity index (χ3v) is 5.51. The van der Waals surface area contributed by atoms with Crippen molar-refractivity contribution in [2.45, 2.75) is 19.4 Å². The van der Waals surface area contributed by atoms with Crippen LogP contribution in [0.15, 0.2) is 48.5 Å². The number of rotatable bonds is 8. The first-order valence-corrected chi connectivity index (χ1v) is 10.6. The standard InChI is InChI=1S/C23H28ClN3O3/c1-30-14-11-25-22(28)19-9-12-27(13-10-19)16-17-3-2-4-21(15-17)26-23(29)18-5-7-20(24)8-6-18/h2-8,15,19H,9-14,16H2,1H3,(H,25,28)(H,26,29). The number of anilines is 1. The van der Waals surface area contributed by atoms with Crippen molar-refractivity contribution >= 4 is 29.1 Å². The fourth-order valence-electron chi connectivity index (χ4n) is 3.58. The van der Waals surface area contributed by atoms with Gasteiger partial charge in [-0.25, -0.2) is 0 Å². The maximum Gasteiger partial charge on any atom is 0.255 e. The molecule has 1 heterocycles. The number of nitrogens with zero attached hydrogens (tertiary/aromatic N) is 1. The van der Waals surface area contributed by atoms with E-state index in [2.05, 4.69) is 21.6 Å². The van der Waals surface area contributed by atoms with Gasteiger partial charge in [0.1, 0.15) is 0 Å². The molecular weight excluding hydrogens is 402 g/mol. The molecule has 0 aliphatic carbocycles. The van der Waals surface area contributed by atoms with E-state index in [-0.39, 0.29) is 17.7 Å². The van der Waals surface area contributed by atoms with Crippen LogP contribution in [0.25, 0.3) is 0 Å². The van der Waals surface area contributed by atoms with Crippen LogP contribution >= 0.6 is 11.6 Å². The Labute approximate surface area is 182 Å². The Bertz CT molecular complexity index is 849. The zero-order valence-electron chi connectivity index (χ0n) is 17.2. The van der Waals surface area contributed by atoms with E-state index < -0.39 is 0 Å². The minimum Gasteiger partial charge on any atom is -0.383 e. The number of benzene rings is 2. The van der Waals surface area contributed by atoms with Crippen molar-refractivity contribution in [1.29, 1.82) is 0 Å². The van der Waals surface area contributed by atoms with Crippen LogP contribution in [-0.2, 0) is 16.1 Å². The average molecular weight is 430 g/mol. The van der Waals surface area contributed by atoms with Crippen LogP contribution in [-0.4, -0.2) is 50.1 Å².